The minimum absolute atomic E-state index is 0. The topological polar surface area (TPSA) is 150 Å². The van der Waals surface area contributed by atoms with E-state index in [4.69, 9.17) is 30.8 Å². The van der Waals surface area contributed by atoms with E-state index in [1.54, 1.807) is 18.3 Å². The van der Waals surface area contributed by atoms with Gasteiger partial charge in [0.25, 0.3) is 0 Å². The highest BCUT2D eigenvalue weighted by molar-refractivity contribution is 7.45. The molecule has 0 aliphatic carbocycles. The Balaban J connectivity index is 0.000000583. The SMILES string of the molecule is C/C(=N\Nc1ncnc2cc(Cl)ccc12)c1ccc(-n2cc[n+](C)c2)nc1.O=P(O)(O)O.[I-]. The van der Waals surface area contributed by atoms with E-state index < -0.39 is 7.82 Å². The number of nitrogens with zero attached hydrogens (tertiary/aromatic N) is 6. The molecule has 0 bridgehead atoms. The summed E-state index contributed by atoms with van der Waals surface area (Å²) in [5.41, 5.74) is 5.49. The molecule has 0 amide bonds. The molecule has 11 nitrogen and oxygen atoms in total. The van der Waals surface area contributed by atoms with Crippen molar-refractivity contribution >= 4 is 41.9 Å². The van der Waals surface area contributed by atoms with Gasteiger partial charge in [0.05, 0.1) is 18.3 Å². The van der Waals surface area contributed by atoms with Gasteiger partial charge in [-0.3, -0.25) is 5.43 Å². The maximum absolute atomic E-state index is 8.88. The summed E-state index contributed by atoms with van der Waals surface area (Å²) in [6.45, 7) is 1.92. The monoisotopic (exact) mass is 603 g/mol. The van der Waals surface area contributed by atoms with Crippen molar-refractivity contribution in [2.24, 2.45) is 12.1 Å². The highest BCUT2D eigenvalue weighted by atomic mass is 127. The Bertz CT molecular complexity index is 1300. The van der Waals surface area contributed by atoms with E-state index in [-0.39, 0.29) is 24.0 Å². The van der Waals surface area contributed by atoms with Crippen molar-refractivity contribution in [1.29, 1.82) is 0 Å². The fourth-order valence-corrected chi connectivity index (χ4v) is 2.83. The van der Waals surface area contributed by atoms with Crippen LogP contribution in [0.3, 0.4) is 0 Å². The van der Waals surface area contributed by atoms with E-state index in [1.165, 1.54) is 6.33 Å². The van der Waals surface area contributed by atoms with Crippen molar-refractivity contribution in [2.45, 2.75) is 6.92 Å². The first-order valence-corrected chi connectivity index (χ1v) is 11.0. The van der Waals surface area contributed by atoms with E-state index >= 15 is 0 Å². The molecule has 0 fully saturated rings. The third kappa shape index (κ3) is 8.11. The van der Waals surface area contributed by atoms with Gasteiger partial charge in [0.1, 0.15) is 18.7 Å². The highest BCUT2D eigenvalue weighted by Gasteiger charge is 2.07. The number of nitrogens with one attached hydrogen (secondary N) is 1. The largest absolute Gasteiger partial charge is 1.00 e. The first kappa shape index (κ1) is 26.8. The lowest BCUT2D eigenvalue weighted by Crippen LogP contribution is -3.00. The van der Waals surface area contributed by atoms with Crippen molar-refractivity contribution in [2.75, 3.05) is 5.43 Å². The van der Waals surface area contributed by atoms with Gasteiger partial charge in [-0.05, 0) is 31.2 Å². The van der Waals surface area contributed by atoms with Crippen LogP contribution >= 0.6 is 19.4 Å². The lowest BCUT2D eigenvalue weighted by molar-refractivity contribution is -0.670. The molecule has 4 aromatic rings. The number of phosphoric acid groups is 1. The van der Waals surface area contributed by atoms with E-state index in [1.807, 2.05) is 60.0 Å². The molecule has 0 aliphatic heterocycles. The second-order valence-electron chi connectivity index (χ2n) is 6.60. The van der Waals surface area contributed by atoms with Gasteiger partial charge < -0.3 is 38.7 Å². The summed E-state index contributed by atoms with van der Waals surface area (Å²) in [6, 6.07) is 9.42. The van der Waals surface area contributed by atoms with Crippen LogP contribution in [-0.4, -0.2) is 39.9 Å². The Labute approximate surface area is 211 Å². The van der Waals surface area contributed by atoms with Crippen LogP contribution in [0.25, 0.3) is 16.7 Å². The summed E-state index contributed by atoms with van der Waals surface area (Å²) in [5.74, 6) is 1.47. The molecule has 14 heteroatoms. The Kier molecular flexibility index (Phi) is 9.40. The molecule has 0 saturated heterocycles. The average molecular weight is 604 g/mol. The van der Waals surface area contributed by atoms with Crippen molar-refractivity contribution in [1.82, 2.24) is 19.5 Å². The quantitative estimate of drug-likeness (QED) is 0.0780. The summed E-state index contributed by atoms with van der Waals surface area (Å²) in [5, 5.41) is 5.92. The summed E-state index contributed by atoms with van der Waals surface area (Å²) in [7, 11) is -2.67. The summed E-state index contributed by atoms with van der Waals surface area (Å²) in [6.07, 6.45) is 9.16. The number of hydrogen-bond acceptors (Lipinski definition) is 6. The molecular formula is C19H20ClIN7O4P. The second-order valence-corrected chi connectivity index (χ2v) is 8.06. The third-order valence-corrected chi connectivity index (χ3v) is 4.36. The fraction of sp³-hybridized carbons (Fsp3) is 0.105. The predicted molar refractivity (Wildman–Crippen MR) is 119 cm³/mol. The number of benzene rings is 1. The van der Waals surface area contributed by atoms with Gasteiger partial charge in [0.2, 0.25) is 12.1 Å². The Morgan fingerprint density at radius 3 is 2.52 bits per heavy atom. The Morgan fingerprint density at radius 1 is 1.18 bits per heavy atom. The van der Waals surface area contributed by atoms with Crippen molar-refractivity contribution in [3.05, 3.63) is 72.2 Å². The molecule has 174 valence electrons. The zero-order valence-corrected chi connectivity index (χ0v) is 21.2. The molecule has 0 aliphatic rings. The summed E-state index contributed by atoms with van der Waals surface area (Å²) in [4.78, 5) is 34.6. The molecule has 3 heterocycles. The van der Waals surface area contributed by atoms with Gasteiger partial charge in [-0.25, -0.2) is 24.1 Å². The number of anilines is 1. The number of aryl methyl sites for hydroxylation is 1. The van der Waals surface area contributed by atoms with Gasteiger partial charge in [-0.15, -0.1) is 0 Å². The molecular weight excluding hydrogens is 584 g/mol. The number of rotatable bonds is 4. The lowest BCUT2D eigenvalue weighted by atomic mass is 10.2. The fourth-order valence-electron chi connectivity index (χ4n) is 2.66. The van der Waals surface area contributed by atoms with Gasteiger partial charge in [0, 0.05) is 28.2 Å². The van der Waals surface area contributed by atoms with Crippen molar-refractivity contribution in [3.63, 3.8) is 0 Å². The van der Waals surface area contributed by atoms with Crippen LogP contribution in [0.5, 0.6) is 0 Å². The zero-order chi connectivity index (χ0) is 23.3. The maximum atomic E-state index is 8.88. The van der Waals surface area contributed by atoms with Crippen molar-refractivity contribution < 1.29 is 47.8 Å². The van der Waals surface area contributed by atoms with E-state index in [2.05, 4.69) is 25.5 Å². The summed E-state index contributed by atoms with van der Waals surface area (Å²) >= 11 is 6.02. The van der Waals surface area contributed by atoms with Crippen LogP contribution in [-0.2, 0) is 11.6 Å². The number of pyridine rings is 1. The molecule has 0 spiro atoms. The molecule has 0 radical (unpaired) electrons. The van der Waals surface area contributed by atoms with Gasteiger partial charge in [0.15, 0.2) is 5.82 Å². The lowest BCUT2D eigenvalue weighted by Gasteiger charge is -2.06. The molecule has 33 heavy (non-hydrogen) atoms. The van der Waals surface area contributed by atoms with Crippen LogP contribution < -0.4 is 34.0 Å². The van der Waals surface area contributed by atoms with Gasteiger partial charge >= 0.3 is 7.82 Å². The summed E-state index contributed by atoms with van der Waals surface area (Å²) < 4.78 is 12.8. The Morgan fingerprint density at radius 2 is 1.91 bits per heavy atom. The third-order valence-electron chi connectivity index (χ3n) is 4.13. The molecule has 3 aromatic heterocycles. The van der Waals surface area contributed by atoms with E-state index in [0.717, 1.165) is 28.0 Å². The molecule has 0 atom stereocenters. The zero-order valence-electron chi connectivity index (χ0n) is 17.4. The number of fused-ring (bicyclic) bond motifs is 1. The first-order valence-electron chi connectivity index (χ1n) is 9.09. The molecule has 0 saturated carbocycles. The number of hydrogen-bond donors (Lipinski definition) is 4. The van der Waals surface area contributed by atoms with Crippen LogP contribution in [0, 0.1) is 0 Å². The minimum Gasteiger partial charge on any atom is -1.00 e. The van der Waals surface area contributed by atoms with Gasteiger partial charge in [-0.2, -0.15) is 9.67 Å². The van der Waals surface area contributed by atoms with Crippen LogP contribution in [0.4, 0.5) is 5.82 Å². The van der Waals surface area contributed by atoms with Crippen LogP contribution in [0.1, 0.15) is 12.5 Å². The standard InChI is InChI=1S/C19H17ClN7.HI.H3O4P/c1-13(14-3-6-18(21-10-14)27-8-7-26(2)12-27)24-25-19-16-5-4-15(20)9-17(16)22-11-23-19;;1-5(2,3)4/h3-12H,1-2H3,(H,22,23,25);1H;(H3,1,2,3,4)/q+1;;/p-1/b24-13+;;. The number of halogens is 2. The predicted octanol–water partition coefficient (Wildman–Crippen LogP) is -0.795. The Hall–Kier alpha value is -2.48. The first-order chi connectivity index (χ1) is 15.1. The molecule has 4 N–H and O–H groups in total. The number of aromatic nitrogens is 5. The van der Waals surface area contributed by atoms with E-state index in [9.17, 15) is 0 Å². The second kappa shape index (κ2) is 11.6. The van der Waals surface area contributed by atoms with Gasteiger partial charge in [-0.1, -0.05) is 11.6 Å². The molecule has 0 unspecified atom stereocenters. The highest BCUT2D eigenvalue weighted by Crippen LogP contribution is 2.26. The van der Waals surface area contributed by atoms with E-state index in [0.29, 0.717) is 10.8 Å². The van der Waals surface area contributed by atoms with Crippen LogP contribution in [0.15, 0.2) is 66.7 Å². The molecule has 4 rings (SSSR count). The number of imidazole rings is 1. The van der Waals surface area contributed by atoms with Crippen LogP contribution in [0.2, 0.25) is 5.02 Å². The smallest absolute Gasteiger partial charge is 0.466 e. The van der Waals surface area contributed by atoms with Crippen molar-refractivity contribution in [3.8, 4) is 5.82 Å². The average Bonchev–Trinajstić information content (AvgIpc) is 3.17. The minimum atomic E-state index is -4.64. The normalized spacial score (nSPS) is 11.4. The molecule has 1 aromatic carbocycles. The number of hydrazone groups is 1. The maximum Gasteiger partial charge on any atom is 0.466 e.